The average molecular weight is 295 g/mol. The van der Waals surface area contributed by atoms with Crippen LogP contribution in [0.25, 0.3) is 0 Å². The number of thioether (sulfide) groups is 1. The number of aromatic carboxylic acids is 1. The van der Waals surface area contributed by atoms with Crippen LogP contribution in [0.3, 0.4) is 0 Å². The van der Waals surface area contributed by atoms with E-state index in [1.54, 1.807) is 0 Å². The van der Waals surface area contributed by atoms with Crippen LogP contribution in [0, 0.1) is 0 Å². The predicted octanol–water partition coefficient (Wildman–Crippen LogP) is 2.19. The molecular weight excluding hydrogens is 278 g/mol. The SMILES string of the molecule is O=C(NCC1CCCCS1)Nc1ccc(C(=O)O)nc1. The van der Waals surface area contributed by atoms with E-state index >= 15 is 0 Å². The summed E-state index contributed by atoms with van der Waals surface area (Å²) in [6, 6.07) is 2.58. The van der Waals surface area contributed by atoms with E-state index in [9.17, 15) is 9.59 Å². The van der Waals surface area contributed by atoms with Gasteiger partial charge in [-0.2, -0.15) is 11.8 Å². The molecule has 3 N–H and O–H groups in total. The molecule has 0 spiro atoms. The van der Waals surface area contributed by atoms with Crippen molar-refractivity contribution >= 4 is 29.4 Å². The van der Waals surface area contributed by atoms with Gasteiger partial charge in [0, 0.05) is 11.8 Å². The molecule has 0 radical (unpaired) electrons. The standard InChI is InChI=1S/C13H17N3O3S/c17-12(18)11-5-4-9(7-14-11)16-13(19)15-8-10-3-1-2-6-20-10/h4-5,7,10H,1-3,6,8H2,(H,17,18)(H2,15,16,19). The van der Waals surface area contributed by atoms with Crippen molar-refractivity contribution in [2.45, 2.75) is 24.5 Å². The van der Waals surface area contributed by atoms with E-state index in [1.807, 2.05) is 11.8 Å². The van der Waals surface area contributed by atoms with E-state index in [0.717, 1.165) is 12.2 Å². The first-order valence-electron chi connectivity index (χ1n) is 6.51. The van der Waals surface area contributed by atoms with E-state index in [2.05, 4.69) is 15.6 Å². The van der Waals surface area contributed by atoms with Crippen molar-refractivity contribution in [2.24, 2.45) is 0 Å². The number of pyridine rings is 1. The number of hydrogen-bond acceptors (Lipinski definition) is 4. The lowest BCUT2D eigenvalue weighted by Gasteiger charge is -2.21. The fourth-order valence-electron chi connectivity index (χ4n) is 1.94. The summed E-state index contributed by atoms with van der Waals surface area (Å²) in [4.78, 5) is 26.1. The summed E-state index contributed by atoms with van der Waals surface area (Å²) in [6.07, 6.45) is 4.95. The molecule has 1 atom stereocenters. The molecule has 0 aromatic carbocycles. The molecule has 0 aliphatic carbocycles. The molecule has 2 amide bonds. The van der Waals surface area contributed by atoms with Gasteiger partial charge in [-0.25, -0.2) is 14.6 Å². The molecule has 1 unspecified atom stereocenters. The van der Waals surface area contributed by atoms with Crippen LogP contribution in [0.1, 0.15) is 29.8 Å². The summed E-state index contributed by atoms with van der Waals surface area (Å²) in [5.74, 6) is 0.0736. The molecule has 7 heteroatoms. The molecule has 1 aliphatic rings. The van der Waals surface area contributed by atoms with Crippen LogP contribution in [0.5, 0.6) is 0 Å². The van der Waals surface area contributed by atoms with Crippen LogP contribution in [0.15, 0.2) is 18.3 Å². The maximum atomic E-state index is 11.7. The van der Waals surface area contributed by atoms with Gasteiger partial charge in [0.05, 0.1) is 11.9 Å². The van der Waals surface area contributed by atoms with Crippen molar-refractivity contribution < 1.29 is 14.7 Å². The molecule has 1 aliphatic heterocycles. The highest BCUT2D eigenvalue weighted by Crippen LogP contribution is 2.24. The number of nitrogens with one attached hydrogen (secondary N) is 2. The number of rotatable bonds is 4. The first-order valence-corrected chi connectivity index (χ1v) is 7.56. The summed E-state index contributed by atoms with van der Waals surface area (Å²) >= 11 is 1.90. The van der Waals surface area contributed by atoms with Gasteiger partial charge in [-0.15, -0.1) is 0 Å². The number of carboxylic acid groups (broad SMARTS) is 1. The Morgan fingerprint density at radius 3 is 2.85 bits per heavy atom. The van der Waals surface area contributed by atoms with Crippen LogP contribution < -0.4 is 10.6 Å². The highest BCUT2D eigenvalue weighted by atomic mass is 32.2. The van der Waals surface area contributed by atoms with E-state index < -0.39 is 5.97 Å². The van der Waals surface area contributed by atoms with Gasteiger partial charge >= 0.3 is 12.0 Å². The number of amides is 2. The second-order valence-corrected chi connectivity index (χ2v) is 5.97. The monoisotopic (exact) mass is 295 g/mol. The number of hydrogen-bond donors (Lipinski definition) is 3. The Morgan fingerprint density at radius 2 is 2.25 bits per heavy atom. The molecule has 0 saturated carbocycles. The van der Waals surface area contributed by atoms with Crippen LogP contribution in [0.2, 0.25) is 0 Å². The van der Waals surface area contributed by atoms with Gasteiger partial charge < -0.3 is 15.7 Å². The van der Waals surface area contributed by atoms with Crippen LogP contribution in [-0.2, 0) is 0 Å². The van der Waals surface area contributed by atoms with Crippen molar-refractivity contribution in [1.29, 1.82) is 0 Å². The van der Waals surface area contributed by atoms with Crippen LogP contribution in [0.4, 0.5) is 10.5 Å². The summed E-state index contributed by atoms with van der Waals surface area (Å²) < 4.78 is 0. The minimum absolute atomic E-state index is 0.0467. The zero-order valence-electron chi connectivity index (χ0n) is 11.0. The molecule has 0 bridgehead atoms. The highest BCUT2D eigenvalue weighted by molar-refractivity contribution is 7.99. The van der Waals surface area contributed by atoms with Gasteiger partial charge in [0.25, 0.3) is 0 Å². The third-order valence-electron chi connectivity index (χ3n) is 3.00. The van der Waals surface area contributed by atoms with E-state index in [0.29, 0.717) is 17.5 Å². The zero-order chi connectivity index (χ0) is 14.4. The molecule has 2 heterocycles. The molecule has 2 rings (SSSR count). The van der Waals surface area contributed by atoms with E-state index in [4.69, 9.17) is 5.11 Å². The quantitative estimate of drug-likeness (QED) is 0.792. The minimum atomic E-state index is -1.09. The Kier molecular flexibility index (Phi) is 5.23. The second-order valence-electron chi connectivity index (χ2n) is 4.56. The third-order valence-corrected chi connectivity index (χ3v) is 4.40. The molecule has 1 aromatic heterocycles. The molecule has 108 valence electrons. The number of urea groups is 1. The van der Waals surface area contributed by atoms with Crippen molar-refractivity contribution in [3.05, 3.63) is 24.0 Å². The lowest BCUT2D eigenvalue weighted by molar-refractivity contribution is 0.0690. The van der Waals surface area contributed by atoms with Crippen molar-refractivity contribution in [3.8, 4) is 0 Å². The minimum Gasteiger partial charge on any atom is -0.477 e. The number of carbonyl (C=O) groups excluding carboxylic acids is 1. The summed E-state index contributed by atoms with van der Waals surface area (Å²) in [5.41, 5.74) is 0.429. The Labute approximate surface area is 121 Å². The fourth-order valence-corrected chi connectivity index (χ4v) is 3.18. The molecule has 1 fully saturated rings. The molecule has 6 nitrogen and oxygen atoms in total. The number of carbonyl (C=O) groups is 2. The van der Waals surface area contributed by atoms with Gasteiger partial charge in [0.1, 0.15) is 5.69 Å². The van der Waals surface area contributed by atoms with E-state index in [-0.39, 0.29) is 11.7 Å². The van der Waals surface area contributed by atoms with Crippen molar-refractivity contribution in [1.82, 2.24) is 10.3 Å². The number of anilines is 1. The number of nitrogens with zero attached hydrogens (tertiary/aromatic N) is 1. The first-order chi connectivity index (χ1) is 9.65. The highest BCUT2D eigenvalue weighted by Gasteiger charge is 2.14. The van der Waals surface area contributed by atoms with Crippen molar-refractivity contribution in [2.75, 3.05) is 17.6 Å². The van der Waals surface area contributed by atoms with Crippen LogP contribution >= 0.6 is 11.8 Å². The Balaban J connectivity index is 1.77. The van der Waals surface area contributed by atoms with Gasteiger partial charge in [-0.05, 0) is 30.7 Å². The first kappa shape index (κ1) is 14.6. The average Bonchev–Trinajstić information content (AvgIpc) is 2.47. The lowest BCUT2D eigenvalue weighted by atomic mass is 10.2. The number of aromatic nitrogens is 1. The molecule has 1 aromatic rings. The smallest absolute Gasteiger partial charge is 0.354 e. The van der Waals surface area contributed by atoms with Gasteiger partial charge in [-0.3, -0.25) is 0 Å². The largest absolute Gasteiger partial charge is 0.477 e. The normalized spacial score (nSPS) is 18.3. The van der Waals surface area contributed by atoms with Gasteiger partial charge in [0.15, 0.2) is 0 Å². The number of carboxylic acids is 1. The topological polar surface area (TPSA) is 91.3 Å². The second kappa shape index (κ2) is 7.14. The summed E-state index contributed by atoms with van der Waals surface area (Å²) in [5, 5.41) is 14.7. The molecule has 1 saturated heterocycles. The maximum Gasteiger partial charge on any atom is 0.354 e. The van der Waals surface area contributed by atoms with Gasteiger partial charge in [-0.1, -0.05) is 6.42 Å². The Bertz CT molecular complexity index is 472. The predicted molar refractivity (Wildman–Crippen MR) is 78.3 cm³/mol. The van der Waals surface area contributed by atoms with Gasteiger partial charge in [0.2, 0.25) is 0 Å². The molecular formula is C13H17N3O3S. The van der Waals surface area contributed by atoms with Crippen molar-refractivity contribution in [3.63, 3.8) is 0 Å². The Hall–Kier alpha value is -1.76. The molecule has 20 heavy (non-hydrogen) atoms. The summed E-state index contributed by atoms with van der Waals surface area (Å²) in [6.45, 7) is 0.650. The van der Waals surface area contributed by atoms with E-state index in [1.165, 1.54) is 31.2 Å². The zero-order valence-corrected chi connectivity index (χ0v) is 11.8. The lowest BCUT2D eigenvalue weighted by Crippen LogP contribution is -2.35. The maximum absolute atomic E-state index is 11.7. The van der Waals surface area contributed by atoms with Crippen LogP contribution in [-0.4, -0.2) is 39.6 Å². The summed E-state index contributed by atoms with van der Waals surface area (Å²) in [7, 11) is 0. The Morgan fingerprint density at radius 1 is 1.40 bits per heavy atom. The fraction of sp³-hybridized carbons (Fsp3) is 0.462. The third kappa shape index (κ3) is 4.41.